The number of alkyl carbamates (subject to hydrolysis) is 1. The van der Waals surface area contributed by atoms with Crippen LogP contribution in [0.25, 0.3) is 11.1 Å². The van der Waals surface area contributed by atoms with Crippen molar-refractivity contribution in [2.24, 2.45) is 0 Å². The second-order valence-electron chi connectivity index (χ2n) is 14.5. The Labute approximate surface area is 317 Å². The minimum atomic E-state index is -0.972. The Kier molecular flexibility index (Phi) is 12.5. The number of benzene rings is 4. The van der Waals surface area contributed by atoms with Crippen molar-refractivity contribution in [1.29, 1.82) is 0 Å². The maximum absolute atomic E-state index is 13.2. The first-order chi connectivity index (χ1) is 26.4. The van der Waals surface area contributed by atoms with Crippen molar-refractivity contribution >= 4 is 17.9 Å². The van der Waals surface area contributed by atoms with Crippen LogP contribution >= 0.6 is 0 Å². The first-order valence-corrected chi connectivity index (χ1v) is 19.2. The van der Waals surface area contributed by atoms with Crippen LogP contribution in [0, 0.1) is 0 Å². The summed E-state index contributed by atoms with van der Waals surface area (Å²) in [7, 11) is 0. The molecule has 4 atom stereocenters. The summed E-state index contributed by atoms with van der Waals surface area (Å²) in [4.78, 5) is 42.4. The predicted octanol–water partition coefficient (Wildman–Crippen LogP) is 7.21. The number of nitrogens with one attached hydrogen (secondary N) is 1. The molecule has 2 N–H and O–H groups in total. The van der Waals surface area contributed by atoms with Crippen molar-refractivity contribution in [2.45, 2.75) is 89.2 Å². The lowest BCUT2D eigenvalue weighted by molar-refractivity contribution is -0.253. The molecule has 3 aliphatic rings. The van der Waals surface area contributed by atoms with Crippen LogP contribution in [-0.2, 0) is 43.6 Å². The average molecular weight is 732 g/mol. The van der Waals surface area contributed by atoms with Crippen molar-refractivity contribution < 1.29 is 33.7 Å². The number of hydrogen-bond acceptors (Lipinski definition) is 8. The van der Waals surface area contributed by atoms with Gasteiger partial charge in [0.15, 0.2) is 6.29 Å². The SMILES string of the molecule is O=C(NC1CC(=O)N(Cc2cccc(-c3cccc([C@@H]4O[C@H](CN5CCCCCCC5)C[C@H](c5ccc(CO)cc5)O4)c3)c2)C1=O)OCc1ccccc1. The molecule has 0 saturated carbocycles. The Hall–Kier alpha value is -4.87. The molecule has 3 amide bonds. The van der Waals surface area contributed by atoms with Crippen molar-refractivity contribution in [2.75, 3.05) is 19.6 Å². The van der Waals surface area contributed by atoms with Crippen LogP contribution in [-0.4, -0.2) is 64.6 Å². The molecule has 10 heteroatoms. The van der Waals surface area contributed by atoms with Crippen molar-refractivity contribution in [3.63, 3.8) is 0 Å². The van der Waals surface area contributed by atoms with E-state index < -0.39 is 24.3 Å². The van der Waals surface area contributed by atoms with E-state index in [1.54, 1.807) is 0 Å². The highest BCUT2D eigenvalue weighted by molar-refractivity contribution is 6.06. The Bertz CT molecular complexity index is 1880. The Morgan fingerprint density at radius 2 is 1.46 bits per heavy atom. The number of carbonyl (C=O) groups is 3. The van der Waals surface area contributed by atoms with Crippen LogP contribution < -0.4 is 5.32 Å². The highest BCUT2D eigenvalue weighted by atomic mass is 16.7. The molecule has 1 unspecified atom stereocenters. The smallest absolute Gasteiger partial charge is 0.408 e. The molecule has 4 aromatic rings. The van der Waals surface area contributed by atoms with Crippen molar-refractivity contribution in [3.05, 3.63) is 131 Å². The van der Waals surface area contributed by atoms with Gasteiger partial charge in [-0.25, -0.2) is 4.79 Å². The highest BCUT2D eigenvalue weighted by Crippen LogP contribution is 2.39. The van der Waals surface area contributed by atoms with Gasteiger partial charge in [0.25, 0.3) is 5.91 Å². The fourth-order valence-electron chi connectivity index (χ4n) is 7.58. The lowest BCUT2D eigenvalue weighted by atomic mass is 9.98. The quantitative estimate of drug-likeness (QED) is 0.156. The fourth-order valence-corrected chi connectivity index (χ4v) is 7.58. The Morgan fingerprint density at radius 3 is 2.22 bits per heavy atom. The van der Waals surface area contributed by atoms with E-state index in [9.17, 15) is 19.5 Å². The van der Waals surface area contributed by atoms with Gasteiger partial charge in [-0.05, 0) is 71.4 Å². The van der Waals surface area contributed by atoms with E-state index in [2.05, 4.69) is 16.3 Å². The van der Waals surface area contributed by atoms with E-state index in [1.165, 1.54) is 37.0 Å². The van der Waals surface area contributed by atoms with Gasteiger partial charge in [-0.15, -0.1) is 0 Å². The largest absolute Gasteiger partial charge is 0.445 e. The summed E-state index contributed by atoms with van der Waals surface area (Å²) < 4.78 is 18.7. The summed E-state index contributed by atoms with van der Waals surface area (Å²) in [6.45, 7) is 3.17. The highest BCUT2D eigenvalue weighted by Gasteiger charge is 2.40. The maximum atomic E-state index is 13.2. The van der Waals surface area contributed by atoms with Gasteiger partial charge < -0.3 is 29.5 Å². The maximum Gasteiger partial charge on any atom is 0.408 e. The number of hydrogen-bond donors (Lipinski definition) is 2. The molecule has 3 aliphatic heterocycles. The van der Waals surface area contributed by atoms with E-state index in [-0.39, 0.29) is 44.3 Å². The molecule has 3 heterocycles. The summed E-state index contributed by atoms with van der Waals surface area (Å²) in [5, 5.41) is 12.2. The minimum Gasteiger partial charge on any atom is -0.445 e. The number of likely N-dealkylation sites (tertiary alicyclic amines) is 2. The number of amides is 3. The van der Waals surface area contributed by atoms with E-state index in [0.717, 1.165) is 65.0 Å². The van der Waals surface area contributed by atoms with Crippen molar-refractivity contribution in [3.8, 4) is 11.1 Å². The van der Waals surface area contributed by atoms with Gasteiger partial charge in [-0.2, -0.15) is 0 Å². The topological polar surface area (TPSA) is 118 Å². The third-order valence-electron chi connectivity index (χ3n) is 10.5. The van der Waals surface area contributed by atoms with Gasteiger partial charge >= 0.3 is 6.09 Å². The molecule has 3 fully saturated rings. The first kappa shape index (κ1) is 37.4. The summed E-state index contributed by atoms with van der Waals surface area (Å²) >= 11 is 0. The molecule has 0 bridgehead atoms. The Morgan fingerprint density at radius 1 is 0.759 bits per heavy atom. The van der Waals surface area contributed by atoms with E-state index in [0.29, 0.717) is 0 Å². The standard InChI is InChI=1S/C44H49N3O7/c48-29-31-17-19-34(20-18-31)40-25-38(28-46-21-7-2-1-3-8-22-46)53-43(54-40)37-16-10-15-36(24-37)35-14-9-13-33(23-35)27-47-41(49)26-39(42(47)50)45-44(51)52-30-32-11-5-4-6-12-32/h4-6,9-20,23-24,38-40,43,48H,1-3,7-8,21-22,25-30H2,(H,45,51)/t38-,39?,40+,43+/m0/s1. The van der Waals surface area contributed by atoms with Crippen LogP contribution in [0.4, 0.5) is 4.79 Å². The predicted molar refractivity (Wildman–Crippen MR) is 204 cm³/mol. The van der Waals surface area contributed by atoms with E-state index in [1.807, 2.05) is 97.1 Å². The van der Waals surface area contributed by atoms with Crippen LogP contribution in [0.1, 0.15) is 85.2 Å². The first-order valence-electron chi connectivity index (χ1n) is 19.2. The lowest BCUT2D eigenvalue weighted by Crippen LogP contribution is -2.41. The van der Waals surface area contributed by atoms with Gasteiger partial charge in [0.2, 0.25) is 5.91 Å². The summed E-state index contributed by atoms with van der Waals surface area (Å²) in [6.07, 6.45) is 5.41. The molecular weight excluding hydrogens is 682 g/mol. The molecule has 0 radical (unpaired) electrons. The third-order valence-corrected chi connectivity index (χ3v) is 10.5. The van der Waals surface area contributed by atoms with Gasteiger partial charge in [0.1, 0.15) is 12.6 Å². The van der Waals surface area contributed by atoms with Crippen LogP contribution in [0.3, 0.4) is 0 Å². The molecule has 0 spiro atoms. The van der Waals surface area contributed by atoms with Gasteiger partial charge in [0, 0.05) is 18.5 Å². The summed E-state index contributed by atoms with van der Waals surface area (Å²) in [5.41, 5.74) is 6.33. The van der Waals surface area contributed by atoms with Gasteiger partial charge in [-0.1, -0.05) is 110 Å². The second-order valence-corrected chi connectivity index (χ2v) is 14.5. The zero-order chi connectivity index (χ0) is 37.3. The van der Waals surface area contributed by atoms with Gasteiger partial charge in [-0.3, -0.25) is 14.5 Å². The second kappa shape index (κ2) is 18.0. The van der Waals surface area contributed by atoms with Crippen molar-refractivity contribution in [1.82, 2.24) is 15.1 Å². The Balaban J connectivity index is 1.03. The zero-order valence-electron chi connectivity index (χ0n) is 30.6. The number of aliphatic hydroxyl groups excluding tert-OH is 1. The van der Waals surface area contributed by atoms with E-state index >= 15 is 0 Å². The fraction of sp³-hybridized carbons (Fsp3) is 0.386. The molecule has 4 aromatic carbocycles. The molecular formula is C44H49N3O7. The molecule has 282 valence electrons. The number of nitrogens with zero attached hydrogens (tertiary/aromatic N) is 2. The molecule has 10 nitrogen and oxygen atoms in total. The normalized spacial score (nSPS) is 22.4. The average Bonchev–Trinajstić information content (AvgIpc) is 3.45. The van der Waals surface area contributed by atoms with E-state index in [4.69, 9.17) is 14.2 Å². The number of rotatable bonds is 11. The molecule has 0 aromatic heterocycles. The zero-order valence-corrected chi connectivity index (χ0v) is 30.6. The number of carbonyl (C=O) groups excluding carboxylic acids is 3. The summed E-state index contributed by atoms with van der Waals surface area (Å²) in [5.74, 6) is -0.806. The molecule has 54 heavy (non-hydrogen) atoms. The molecule has 7 rings (SSSR count). The van der Waals surface area contributed by atoms with Crippen LogP contribution in [0.2, 0.25) is 0 Å². The van der Waals surface area contributed by atoms with Crippen LogP contribution in [0.15, 0.2) is 103 Å². The number of ether oxygens (including phenoxy) is 3. The minimum absolute atomic E-state index is 0.00248. The molecule has 3 saturated heterocycles. The van der Waals surface area contributed by atoms with Crippen LogP contribution in [0.5, 0.6) is 0 Å². The monoisotopic (exact) mass is 731 g/mol. The molecule has 0 aliphatic carbocycles. The third kappa shape index (κ3) is 9.62. The van der Waals surface area contributed by atoms with Gasteiger partial charge in [0.05, 0.1) is 31.8 Å². The summed E-state index contributed by atoms with van der Waals surface area (Å²) in [6, 6.07) is 32.2. The number of imide groups is 1. The lowest BCUT2D eigenvalue weighted by Gasteiger charge is -2.39. The number of aliphatic hydroxyl groups is 1.